The third-order valence-electron chi connectivity index (χ3n) is 4.38. The minimum Gasteiger partial charge on any atom is -0.503 e. The molecule has 0 bridgehead atoms. The van der Waals surface area contributed by atoms with Crippen molar-refractivity contribution in [3.8, 4) is 23.0 Å². The molecule has 2 N–H and O–H groups in total. The van der Waals surface area contributed by atoms with Gasteiger partial charge in [0.2, 0.25) is 0 Å². The van der Waals surface area contributed by atoms with Gasteiger partial charge in [0.25, 0.3) is 11.8 Å². The SMILES string of the molecule is COc1cc(N2C(=O)NC(=O)C(=Cc3cc(Br)c(O)c(OC)c3)C2=O)c(OC)cc1Cl. The molecule has 2 aromatic carbocycles. The van der Waals surface area contributed by atoms with Crippen LogP contribution in [0.1, 0.15) is 5.56 Å². The molecule has 162 valence electrons. The molecule has 1 aliphatic rings. The van der Waals surface area contributed by atoms with E-state index in [-0.39, 0.29) is 39.3 Å². The third kappa shape index (κ3) is 4.17. The van der Waals surface area contributed by atoms with Crippen molar-refractivity contribution < 1.29 is 33.7 Å². The van der Waals surface area contributed by atoms with Gasteiger partial charge in [0.05, 0.1) is 36.5 Å². The highest BCUT2D eigenvalue weighted by Crippen LogP contribution is 2.40. The lowest BCUT2D eigenvalue weighted by Gasteiger charge is -2.28. The lowest BCUT2D eigenvalue weighted by atomic mass is 10.1. The maximum atomic E-state index is 13.2. The average molecular weight is 512 g/mol. The first-order valence-corrected chi connectivity index (χ1v) is 9.78. The largest absolute Gasteiger partial charge is 0.503 e. The molecule has 3 rings (SSSR count). The molecule has 0 aromatic heterocycles. The van der Waals surface area contributed by atoms with E-state index in [4.69, 9.17) is 25.8 Å². The lowest BCUT2D eigenvalue weighted by Crippen LogP contribution is -2.54. The Morgan fingerprint density at radius 1 is 1.00 bits per heavy atom. The van der Waals surface area contributed by atoms with Gasteiger partial charge >= 0.3 is 6.03 Å². The van der Waals surface area contributed by atoms with E-state index in [0.717, 1.165) is 4.90 Å². The van der Waals surface area contributed by atoms with Crippen molar-refractivity contribution in [1.29, 1.82) is 0 Å². The van der Waals surface area contributed by atoms with E-state index in [1.54, 1.807) is 0 Å². The Bertz CT molecular complexity index is 1130. The monoisotopic (exact) mass is 510 g/mol. The number of aromatic hydroxyl groups is 1. The number of barbiturate groups is 1. The quantitative estimate of drug-likeness (QED) is 0.466. The lowest BCUT2D eigenvalue weighted by molar-refractivity contribution is -0.122. The van der Waals surface area contributed by atoms with E-state index >= 15 is 0 Å². The van der Waals surface area contributed by atoms with Crippen molar-refractivity contribution in [2.75, 3.05) is 26.2 Å². The second-order valence-corrected chi connectivity index (χ2v) is 7.43. The predicted molar refractivity (Wildman–Crippen MR) is 116 cm³/mol. The molecule has 0 radical (unpaired) electrons. The van der Waals surface area contributed by atoms with Gasteiger partial charge < -0.3 is 19.3 Å². The second kappa shape index (κ2) is 8.86. The summed E-state index contributed by atoms with van der Waals surface area (Å²) in [7, 11) is 4.08. The van der Waals surface area contributed by atoms with Gasteiger partial charge in [0.1, 0.15) is 17.1 Å². The summed E-state index contributed by atoms with van der Waals surface area (Å²) in [6, 6.07) is 4.70. The van der Waals surface area contributed by atoms with Crippen LogP contribution >= 0.6 is 27.5 Å². The number of benzene rings is 2. The number of amides is 4. The molecule has 4 amide bonds. The minimum atomic E-state index is -0.959. The maximum absolute atomic E-state index is 13.2. The summed E-state index contributed by atoms with van der Waals surface area (Å²) in [4.78, 5) is 38.9. The Hall–Kier alpha value is -3.24. The number of phenolic OH excluding ortho intramolecular Hbond substituents is 1. The number of carbonyl (C=O) groups excluding carboxylic acids is 3. The van der Waals surface area contributed by atoms with Crippen LogP contribution in [-0.4, -0.2) is 44.3 Å². The fraction of sp³-hybridized carbons (Fsp3) is 0.150. The molecular formula is C20H16BrClN2O7. The fourth-order valence-corrected chi connectivity index (χ4v) is 3.59. The number of nitrogens with zero attached hydrogens (tertiary/aromatic N) is 1. The maximum Gasteiger partial charge on any atom is 0.336 e. The van der Waals surface area contributed by atoms with Crippen LogP contribution in [0.15, 0.2) is 34.3 Å². The van der Waals surface area contributed by atoms with Gasteiger partial charge in [-0.1, -0.05) is 11.6 Å². The summed E-state index contributed by atoms with van der Waals surface area (Å²) in [5, 5.41) is 12.3. The van der Waals surface area contributed by atoms with Crippen LogP contribution in [0.5, 0.6) is 23.0 Å². The van der Waals surface area contributed by atoms with Gasteiger partial charge in [0, 0.05) is 12.1 Å². The summed E-state index contributed by atoms with van der Waals surface area (Å²) in [6.45, 7) is 0. The first kappa shape index (κ1) is 22.4. The number of anilines is 1. The first-order chi connectivity index (χ1) is 14.7. The number of ether oxygens (including phenoxy) is 3. The second-order valence-electron chi connectivity index (χ2n) is 6.17. The molecule has 1 saturated heterocycles. The molecule has 0 saturated carbocycles. The van der Waals surface area contributed by atoms with E-state index in [1.807, 2.05) is 0 Å². The summed E-state index contributed by atoms with van der Waals surface area (Å²) in [6.07, 6.45) is 1.27. The normalized spacial score (nSPS) is 15.2. The highest BCUT2D eigenvalue weighted by molar-refractivity contribution is 9.10. The van der Waals surface area contributed by atoms with Crippen molar-refractivity contribution in [2.24, 2.45) is 0 Å². The molecule has 1 fully saturated rings. The van der Waals surface area contributed by atoms with E-state index < -0.39 is 17.8 Å². The van der Waals surface area contributed by atoms with Gasteiger partial charge in [-0.3, -0.25) is 14.9 Å². The number of nitrogens with one attached hydrogen (secondary N) is 1. The molecule has 9 nitrogen and oxygen atoms in total. The molecule has 0 atom stereocenters. The predicted octanol–water partition coefficient (Wildman–Crippen LogP) is 3.50. The summed E-state index contributed by atoms with van der Waals surface area (Å²) in [5.74, 6) is -1.46. The Morgan fingerprint density at radius 2 is 1.65 bits per heavy atom. The van der Waals surface area contributed by atoms with Crippen molar-refractivity contribution in [1.82, 2.24) is 5.32 Å². The van der Waals surface area contributed by atoms with Crippen LogP contribution in [0.2, 0.25) is 5.02 Å². The Morgan fingerprint density at radius 3 is 2.26 bits per heavy atom. The van der Waals surface area contributed by atoms with Gasteiger partial charge in [0.15, 0.2) is 11.5 Å². The van der Waals surface area contributed by atoms with Crippen LogP contribution in [0.3, 0.4) is 0 Å². The minimum absolute atomic E-state index is 0.0362. The number of hydrogen-bond acceptors (Lipinski definition) is 7. The van der Waals surface area contributed by atoms with Crippen LogP contribution < -0.4 is 24.4 Å². The number of methoxy groups -OCH3 is 3. The molecule has 1 aliphatic heterocycles. The zero-order valence-corrected chi connectivity index (χ0v) is 18.8. The molecular weight excluding hydrogens is 496 g/mol. The molecule has 0 spiro atoms. The van der Waals surface area contributed by atoms with Crippen LogP contribution in [0.4, 0.5) is 10.5 Å². The first-order valence-electron chi connectivity index (χ1n) is 8.61. The highest BCUT2D eigenvalue weighted by Gasteiger charge is 2.38. The van der Waals surface area contributed by atoms with E-state index in [9.17, 15) is 19.5 Å². The van der Waals surface area contributed by atoms with Crippen molar-refractivity contribution >= 4 is 57.1 Å². The zero-order valence-electron chi connectivity index (χ0n) is 16.5. The average Bonchev–Trinajstić information content (AvgIpc) is 2.73. The summed E-state index contributed by atoms with van der Waals surface area (Å²) >= 11 is 9.28. The third-order valence-corrected chi connectivity index (χ3v) is 5.28. The number of hydrogen-bond donors (Lipinski definition) is 2. The van der Waals surface area contributed by atoms with Gasteiger partial charge in [-0.05, 0) is 39.7 Å². The Kier molecular flexibility index (Phi) is 6.42. The smallest absolute Gasteiger partial charge is 0.336 e. The number of halogens is 2. The topological polar surface area (TPSA) is 114 Å². The van der Waals surface area contributed by atoms with Gasteiger partial charge in [-0.15, -0.1) is 0 Å². The number of phenols is 1. The van der Waals surface area contributed by atoms with Crippen molar-refractivity contribution in [2.45, 2.75) is 0 Å². The Balaban J connectivity index is 2.12. The van der Waals surface area contributed by atoms with Crippen molar-refractivity contribution in [3.63, 3.8) is 0 Å². The summed E-state index contributed by atoms with van der Waals surface area (Å²) in [5.41, 5.74) is 0.0827. The number of rotatable bonds is 5. The number of urea groups is 1. The standard InChI is InChI=1S/C20H16BrClN2O7/c1-29-14-8-13(15(30-2)7-12(14)22)24-19(27)10(18(26)23-20(24)28)4-9-5-11(21)17(25)16(6-9)31-3/h4-8,25H,1-3H3,(H,23,26,28). The zero-order chi connectivity index (χ0) is 22.9. The molecule has 0 unspecified atom stereocenters. The molecule has 2 aromatic rings. The van der Waals surface area contributed by atoms with E-state index in [0.29, 0.717) is 10.0 Å². The number of carbonyl (C=O) groups is 3. The molecule has 31 heavy (non-hydrogen) atoms. The molecule has 1 heterocycles. The highest BCUT2D eigenvalue weighted by atomic mass is 79.9. The van der Waals surface area contributed by atoms with E-state index in [1.165, 1.54) is 51.7 Å². The fourth-order valence-electron chi connectivity index (χ4n) is 2.89. The molecule has 0 aliphatic carbocycles. The summed E-state index contributed by atoms with van der Waals surface area (Å²) < 4.78 is 15.8. The van der Waals surface area contributed by atoms with Gasteiger partial charge in [-0.25, -0.2) is 9.69 Å². The molecule has 11 heteroatoms. The van der Waals surface area contributed by atoms with Crippen LogP contribution in [0.25, 0.3) is 6.08 Å². The number of imide groups is 2. The van der Waals surface area contributed by atoms with Gasteiger partial charge in [-0.2, -0.15) is 0 Å². The van der Waals surface area contributed by atoms with Crippen LogP contribution in [0, 0.1) is 0 Å². The van der Waals surface area contributed by atoms with E-state index in [2.05, 4.69) is 21.2 Å². The van der Waals surface area contributed by atoms with Crippen LogP contribution in [-0.2, 0) is 9.59 Å². The van der Waals surface area contributed by atoms with Crippen molar-refractivity contribution in [3.05, 3.63) is 44.9 Å². The Labute approximate surface area is 190 Å².